The molecule has 0 amide bonds. The molecule has 0 heterocycles. The summed E-state index contributed by atoms with van der Waals surface area (Å²) in [5, 5.41) is 0. The van der Waals surface area contributed by atoms with Crippen molar-refractivity contribution < 1.29 is 8.78 Å². The Labute approximate surface area is 82.9 Å². The summed E-state index contributed by atoms with van der Waals surface area (Å²) in [5.41, 5.74) is 5.49. The van der Waals surface area contributed by atoms with Crippen LogP contribution in [0.4, 0.5) is 8.78 Å². The number of rotatable bonds is 3. The summed E-state index contributed by atoms with van der Waals surface area (Å²) in [4.78, 5) is 0. The van der Waals surface area contributed by atoms with Gasteiger partial charge in [-0.05, 0) is 18.9 Å². The van der Waals surface area contributed by atoms with Gasteiger partial charge >= 0.3 is 0 Å². The molecule has 0 aromatic heterocycles. The number of halogens is 2. The number of benzene rings is 1. The molecule has 0 fully saturated rings. The molecule has 0 bridgehead atoms. The molecule has 2 N–H and O–H groups in total. The Hall–Kier alpha value is -0.960. The van der Waals surface area contributed by atoms with Crippen LogP contribution in [0.25, 0.3) is 0 Å². The van der Waals surface area contributed by atoms with Crippen molar-refractivity contribution in [1.29, 1.82) is 0 Å². The van der Waals surface area contributed by atoms with Gasteiger partial charge < -0.3 is 5.73 Å². The first-order chi connectivity index (χ1) is 6.55. The fourth-order valence-corrected chi connectivity index (χ4v) is 1.52. The highest BCUT2D eigenvalue weighted by molar-refractivity contribution is 5.26. The maximum atomic E-state index is 13.4. The third-order valence-corrected chi connectivity index (χ3v) is 2.75. The smallest absolute Gasteiger partial charge is 0.163 e. The van der Waals surface area contributed by atoms with E-state index in [0.29, 0.717) is 12.8 Å². The fourth-order valence-electron chi connectivity index (χ4n) is 1.52. The van der Waals surface area contributed by atoms with E-state index < -0.39 is 17.2 Å². The van der Waals surface area contributed by atoms with Crippen molar-refractivity contribution in [2.75, 3.05) is 0 Å². The van der Waals surface area contributed by atoms with Gasteiger partial charge in [-0.15, -0.1) is 0 Å². The second-order valence-corrected chi connectivity index (χ2v) is 3.46. The minimum atomic E-state index is -0.834. The van der Waals surface area contributed by atoms with Gasteiger partial charge in [0.1, 0.15) is 0 Å². The molecule has 0 unspecified atom stereocenters. The van der Waals surface area contributed by atoms with Crippen LogP contribution in [0.5, 0.6) is 0 Å². The minimum Gasteiger partial charge on any atom is -0.321 e. The molecule has 1 rings (SSSR count). The Morgan fingerprint density at radius 2 is 1.79 bits per heavy atom. The van der Waals surface area contributed by atoms with Crippen LogP contribution >= 0.6 is 0 Å². The predicted octanol–water partition coefficient (Wildman–Crippen LogP) is 2.94. The largest absolute Gasteiger partial charge is 0.321 e. The number of nitrogens with two attached hydrogens (primary N) is 1. The quantitative estimate of drug-likeness (QED) is 0.795. The number of hydrogen-bond acceptors (Lipinski definition) is 1. The van der Waals surface area contributed by atoms with Crippen molar-refractivity contribution in [3.63, 3.8) is 0 Å². The second-order valence-electron chi connectivity index (χ2n) is 3.46. The van der Waals surface area contributed by atoms with E-state index in [9.17, 15) is 8.78 Å². The van der Waals surface area contributed by atoms with Gasteiger partial charge in [0.25, 0.3) is 0 Å². The van der Waals surface area contributed by atoms with Crippen LogP contribution in [-0.4, -0.2) is 0 Å². The molecule has 1 aromatic rings. The highest BCUT2D eigenvalue weighted by Gasteiger charge is 2.27. The lowest BCUT2D eigenvalue weighted by Crippen LogP contribution is -2.36. The zero-order valence-corrected chi connectivity index (χ0v) is 8.48. The van der Waals surface area contributed by atoms with E-state index >= 15 is 0 Å². The van der Waals surface area contributed by atoms with E-state index in [0.717, 1.165) is 6.07 Å². The molecule has 0 aliphatic carbocycles. The van der Waals surface area contributed by atoms with E-state index in [-0.39, 0.29) is 5.56 Å². The van der Waals surface area contributed by atoms with Crippen molar-refractivity contribution in [1.82, 2.24) is 0 Å². The number of hydrogen-bond donors (Lipinski definition) is 1. The summed E-state index contributed by atoms with van der Waals surface area (Å²) in [5.74, 6) is -1.65. The zero-order chi connectivity index (χ0) is 10.8. The van der Waals surface area contributed by atoms with E-state index in [1.54, 1.807) is 6.07 Å². The Morgan fingerprint density at radius 3 is 2.29 bits per heavy atom. The summed E-state index contributed by atoms with van der Waals surface area (Å²) in [6.07, 6.45) is 1.17. The summed E-state index contributed by atoms with van der Waals surface area (Å²) >= 11 is 0. The van der Waals surface area contributed by atoms with Gasteiger partial charge in [-0.25, -0.2) is 8.78 Å². The van der Waals surface area contributed by atoms with Crippen molar-refractivity contribution in [3.05, 3.63) is 35.4 Å². The van der Waals surface area contributed by atoms with E-state index in [1.165, 1.54) is 6.07 Å². The molecule has 14 heavy (non-hydrogen) atoms. The fraction of sp³-hybridized carbons (Fsp3) is 0.455. The zero-order valence-electron chi connectivity index (χ0n) is 8.48. The molecule has 0 atom stereocenters. The molecule has 0 aliphatic heterocycles. The third kappa shape index (κ3) is 1.77. The lowest BCUT2D eigenvalue weighted by Gasteiger charge is -2.27. The van der Waals surface area contributed by atoms with Gasteiger partial charge in [-0.1, -0.05) is 26.0 Å². The van der Waals surface area contributed by atoms with Crippen LogP contribution in [0.3, 0.4) is 0 Å². The van der Waals surface area contributed by atoms with E-state index in [2.05, 4.69) is 0 Å². The van der Waals surface area contributed by atoms with Crippen LogP contribution in [0, 0.1) is 11.6 Å². The van der Waals surface area contributed by atoms with Crippen molar-refractivity contribution in [2.45, 2.75) is 32.2 Å². The van der Waals surface area contributed by atoms with Crippen molar-refractivity contribution in [2.24, 2.45) is 5.73 Å². The third-order valence-electron chi connectivity index (χ3n) is 2.75. The molecule has 0 saturated carbocycles. The highest BCUT2D eigenvalue weighted by atomic mass is 19.2. The minimum absolute atomic E-state index is 0.266. The van der Waals surface area contributed by atoms with Gasteiger partial charge in [0.15, 0.2) is 11.6 Å². The lowest BCUT2D eigenvalue weighted by molar-refractivity contribution is 0.379. The monoisotopic (exact) mass is 199 g/mol. The van der Waals surface area contributed by atoms with Gasteiger partial charge in [-0.3, -0.25) is 0 Å². The molecule has 1 nitrogen and oxygen atoms in total. The van der Waals surface area contributed by atoms with E-state index in [4.69, 9.17) is 5.73 Å². The Kier molecular flexibility index (Phi) is 3.21. The van der Waals surface area contributed by atoms with Crippen molar-refractivity contribution in [3.8, 4) is 0 Å². The lowest BCUT2D eigenvalue weighted by atomic mass is 9.85. The topological polar surface area (TPSA) is 26.0 Å². The Balaban J connectivity index is 3.24. The van der Waals surface area contributed by atoms with Gasteiger partial charge in [-0.2, -0.15) is 0 Å². The first-order valence-corrected chi connectivity index (χ1v) is 4.78. The first-order valence-electron chi connectivity index (χ1n) is 4.78. The maximum absolute atomic E-state index is 13.4. The van der Waals surface area contributed by atoms with Crippen LogP contribution in [0.15, 0.2) is 18.2 Å². The molecule has 78 valence electrons. The summed E-state index contributed by atoms with van der Waals surface area (Å²) in [6, 6.07) is 4.14. The summed E-state index contributed by atoms with van der Waals surface area (Å²) in [6.45, 7) is 3.74. The Bertz CT molecular complexity index is 319. The molecule has 0 saturated heterocycles. The molecule has 0 spiro atoms. The SMILES string of the molecule is CCC(N)(CC)c1cccc(F)c1F. The molecular weight excluding hydrogens is 184 g/mol. The second kappa shape index (κ2) is 4.05. The predicted molar refractivity (Wildman–Crippen MR) is 52.8 cm³/mol. The highest BCUT2D eigenvalue weighted by Crippen LogP contribution is 2.28. The Morgan fingerprint density at radius 1 is 1.21 bits per heavy atom. The average molecular weight is 199 g/mol. The van der Waals surface area contributed by atoms with Crippen LogP contribution in [-0.2, 0) is 5.54 Å². The average Bonchev–Trinajstić information content (AvgIpc) is 2.21. The van der Waals surface area contributed by atoms with E-state index in [1.807, 2.05) is 13.8 Å². The van der Waals surface area contributed by atoms with Gasteiger partial charge in [0.2, 0.25) is 0 Å². The molecular formula is C11H15F2N. The molecule has 0 radical (unpaired) electrons. The maximum Gasteiger partial charge on any atom is 0.163 e. The van der Waals surface area contributed by atoms with Crippen LogP contribution in [0.1, 0.15) is 32.3 Å². The first kappa shape index (κ1) is 11.1. The molecule has 1 aromatic carbocycles. The standard InChI is InChI=1S/C11H15F2N/c1-3-11(14,4-2)8-6-5-7-9(12)10(8)13/h5-7H,3-4,14H2,1-2H3. The molecule has 0 aliphatic rings. The van der Waals surface area contributed by atoms with Crippen LogP contribution < -0.4 is 5.73 Å². The van der Waals surface area contributed by atoms with Gasteiger partial charge in [0.05, 0.1) is 0 Å². The van der Waals surface area contributed by atoms with Gasteiger partial charge in [0, 0.05) is 11.1 Å². The molecule has 3 heteroatoms. The summed E-state index contributed by atoms with van der Waals surface area (Å²) in [7, 11) is 0. The van der Waals surface area contributed by atoms with Crippen LogP contribution in [0.2, 0.25) is 0 Å². The van der Waals surface area contributed by atoms with Crippen molar-refractivity contribution >= 4 is 0 Å². The summed E-state index contributed by atoms with van der Waals surface area (Å²) < 4.78 is 26.4. The normalized spacial score (nSPS) is 11.8.